The van der Waals surface area contributed by atoms with Gasteiger partial charge in [-0.25, -0.2) is 8.78 Å². The fourth-order valence-electron chi connectivity index (χ4n) is 3.56. The summed E-state index contributed by atoms with van der Waals surface area (Å²) in [5.41, 5.74) is -1.02. The van der Waals surface area contributed by atoms with Gasteiger partial charge in [0.05, 0.1) is 6.54 Å². The summed E-state index contributed by atoms with van der Waals surface area (Å²) in [6, 6.07) is 7.32. The summed E-state index contributed by atoms with van der Waals surface area (Å²) in [7, 11) is 1.82. The van der Waals surface area contributed by atoms with Gasteiger partial charge in [0.15, 0.2) is 17.2 Å². The SMILES string of the molecule is Cc1ccc(CN(C)C[C@@]2(O)CCCN(Cc3ccc(F)c(F)c3)C2=O)o1. The van der Waals surface area contributed by atoms with Crippen molar-refractivity contribution in [1.82, 2.24) is 9.80 Å². The highest BCUT2D eigenvalue weighted by atomic mass is 19.2. The smallest absolute Gasteiger partial charge is 0.256 e. The molecule has 146 valence electrons. The quantitative estimate of drug-likeness (QED) is 0.840. The number of aryl methyl sites for hydroxylation is 1. The number of benzene rings is 1. The van der Waals surface area contributed by atoms with E-state index in [-0.39, 0.29) is 19.0 Å². The molecule has 0 unspecified atom stereocenters. The number of amides is 1. The molecule has 1 atom stereocenters. The molecule has 1 aromatic carbocycles. The van der Waals surface area contributed by atoms with E-state index < -0.39 is 17.2 Å². The number of hydrogen-bond donors (Lipinski definition) is 1. The van der Waals surface area contributed by atoms with Gasteiger partial charge in [0, 0.05) is 19.6 Å². The van der Waals surface area contributed by atoms with Crippen LogP contribution in [-0.2, 0) is 17.9 Å². The van der Waals surface area contributed by atoms with E-state index in [1.54, 1.807) is 0 Å². The molecule has 0 bridgehead atoms. The molecule has 2 aromatic rings. The Hall–Kier alpha value is -2.25. The number of likely N-dealkylation sites (tertiary alicyclic amines) is 1. The monoisotopic (exact) mass is 378 g/mol. The van der Waals surface area contributed by atoms with Crippen LogP contribution in [0.5, 0.6) is 0 Å². The zero-order valence-electron chi connectivity index (χ0n) is 15.5. The topological polar surface area (TPSA) is 56.9 Å². The molecule has 0 spiro atoms. The predicted octanol–water partition coefficient (Wildman–Crippen LogP) is 2.85. The number of carbonyl (C=O) groups excluding carboxylic acids is 1. The van der Waals surface area contributed by atoms with Gasteiger partial charge in [0.25, 0.3) is 5.91 Å². The van der Waals surface area contributed by atoms with Crippen LogP contribution in [0.4, 0.5) is 8.78 Å². The van der Waals surface area contributed by atoms with Crippen molar-refractivity contribution >= 4 is 5.91 Å². The molecule has 1 aromatic heterocycles. The Morgan fingerprint density at radius 2 is 2.04 bits per heavy atom. The third-order valence-corrected chi connectivity index (χ3v) is 4.81. The van der Waals surface area contributed by atoms with Crippen molar-refractivity contribution in [2.24, 2.45) is 0 Å². The van der Waals surface area contributed by atoms with E-state index in [1.165, 1.54) is 11.0 Å². The van der Waals surface area contributed by atoms with Crippen LogP contribution in [0.25, 0.3) is 0 Å². The largest absolute Gasteiger partial charge is 0.465 e. The second-order valence-corrected chi connectivity index (χ2v) is 7.29. The molecule has 3 rings (SSSR count). The number of rotatable bonds is 6. The van der Waals surface area contributed by atoms with Crippen molar-refractivity contribution in [1.29, 1.82) is 0 Å². The number of piperidine rings is 1. The highest BCUT2D eigenvalue weighted by Gasteiger charge is 2.42. The van der Waals surface area contributed by atoms with Crippen LogP contribution in [0.15, 0.2) is 34.7 Å². The van der Waals surface area contributed by atoms with Crippen LogP contribution in [-0.4, -0.2) is 46.6 Å². The minimum Gasteiger partial charge on any atom is -0.465 e. The third kappa shape index (κ3) is 4.54. The molecule has 1 N–H and O–H groups in total. The van der Waals surface area contributed by atoms with Crippen molar-refractivity contribution in [3.05, 3.63) is 59.1 Å². The van der Waals surface area contributed by atoms with Gasteiger partial charge in [-0.2, -0.15) is 0 Å². The first-order valence-corrected chi connectivity index (χ1v) is 8.96. The van der Waals surface area contributed by atoms with Crippen molar-refractivity contribution in [2.45, 2.75) is 38.5 Å². The molecule has 1 saturated heterocycles. The predicted molar refractivity (Wildman–Crippen MR) is 95.7 cm³/mol. The van der Waals surface area contributed by atoms with Gasteiger partial charge in [-0.15, -0.1) is 0 Å². The molecule has 7 heteroatoms. The van der Waals surface area contributed by atoms with Gasteiger partial charge in [0.1, 0.15) is 11.5 Å². The van der Waals surface area contributed by atoms with Gasteiger partial charge >= 0.3 is 0 Å². The van der Waals surface area contributed by atoms with Gasteiger partial charge in [-0.1, -0.05) is 6.07 Å². The second kappa shape index (κ2) is 7.78. The first-order chi connectivity index (χ1) is 12.8. The van der Waals surface area contributed by atoms with Crippen LogP contribution in [0.2, 0.25) is 0 Å². The van der Waals surface area contributed by atoms with Crippen molar-refractivity contribution in [2.75, 3.05) is 20.1 Å². The summed E-state index contributed by atoms with van der Waals surface area (Å²) in [6.07, 6.45) is 1.00. The maximum absolute atomic E-state index is 13.4. The Morgan fingerprint density at radius 1 is 1.26 bits per heavy atom. The fourth-order valence-corrected chi connectivity index (χ4v) is 3.56. The molecule has 0 radical (unpaired) electrons. The minimum atomic E-state index is -1.51. The van der Waals surface area contributed by atoms with Crippen LogP contribution in [0, 0.1) is 18.6 Å². The molecule has 5 nitrogen and oxygen atoms in total. The number of halogens is 2. The molecule has 1 aliphatic rings. The summed E-state index contributed by atoms with van der Waals surface area (Å²) in [5, 5.41) is 10.9. The van der Waals surface area contributed by atoms with Gasteiger partial charge in [0.2, 0.25) is 0 Å². The summed E-state index contributed by atoms with van der Waals surface area (Å²) < 4.78 is 32.1. The Kier molecular flexibility index (Phi) is 5.62. The lowest BCUT2D eigenvalue weighted by Crippen LogP contribution is -2.57. The highest BCUT2D eigenvalue weighted by Crippen LogP contribution is 2.26. The first-order valence-electron chi connectivity index (χ1n) is 8.96. The highest BCUT2D eigenvalue weighted by molar-refractivity contribution is 5.86. The molecule has 27 heavy (non-hydrogen) atoms. The Morgan fingerprint density at radius 3 is 2.70 bits per heavy atom. The normalized spacial score (nSPS) is 20.5. The molecule has 0 aliphatic carbocycles. The maximum Gasteiger partial charge on any atom is 0.256 e. The van der Waals surface area contributed by atoms with Gasteiger partial charge in [-0.05, 0) is 56.6 Å². The summed E-state index contributed by atoms with van der Waals surface area (Å²) >= 11 is 0. The molecular formula is C20H24F2N2O3. The van der Waals surface area contributed by atoms with E-state index in [0.29, 0.717) is 31.5 Å². The Balaban J connectivity index is 1.66. The van der Waals surface area contributed by atoms with Gasteiger partial charge in [-0.3, -0.25) is 9.69 Å². The lowest BCUT2D eigenvalue weighted by atomic mass is 9.90. The lowest BCUT2D eigenvalue weighted by Gasteiger charge is -2.40. The molecule has 1 fully saturated rings. The fraction of sp³-hybridized carbons (Fsp3) is 0.450. The first kappa shape index (κ1) is 19.5. The number of carbonyl (C=O) groups is 1. The average molecular weight is 378 g/mol. The van der Waals surface area contributed by atoms with E-state index >= 15 is 0 Å². The minimum absolute atomic E-state index is 0.138. The van der Waals surface area contributed by atoms with E-state index in [9.17, 15) is 18.7 Å². The molecular weight excluding hydrogens is 354 g/mol. The van der Waals surface area contributed by atoms with E-state index in [2.05, 4.69) is 0 Å². The average Bonchev–Trinajstić information content (AvgIpc) is 3.00. The summed E-state index contributed by atoms with van der Waals surface area (Å²) in [4.78, 5) is 16.2. The zero-order valence-corrected chi connectivity index (χ0v) is 15.5. The number of aliphatic hydroxyl groups is 1. The molecule has 1 amide bonds. The van der Waals surface area contributed by atoms with Crippen molar-refractivity contribution in [3.63, 3.8) is 0 Å². The number of furan rings is 1. The van der Waals surface area contributed by atoms with Crippen LogP contribution in [0.1, 0.15) is 29.9 Å². The molecule has 1 aliphatic heterocycles. The Labute approximate surface area is 157 Å². The van der Waals surface area contributed by atoms with E-state index in [1.807, 2.05) is 31.0 Å². The third-order valence-electron chi connectivity index (χ3n) is 4.81. The molecule has 2 heterocycles. The van der Waals surface area contributed by atoms with Crippen LogP contribution < -0.4 is 0 Å². The maximum atomic E-state index is 13.4. The summed E-state index contributed by atoms with van der Waals surface area (Å²) in [5.74, 6) is -0.680. The Bertz CT molecular complexity index is 823. The zero-order chi connectivity index (χ0) is 19.6. The van der Waals surface area contributed by atoms with Crippen LogP contribution in [0.3, 0.4) is 0 Å². The standard InChI is InChI=1S/C20H24F2N2O3/c1-14-4-6-16(27-14)12-23(2)13-20(26)8-3-9-24(19(20)25)11-15-5-7-17(21)18(22)10-15/h4-7,10,26H,3,8-9,11-13H2,1-2H3/t20-/m0/s1. The van der Waals surface area contributed by atoms with E-state index in [0.717, 1.165) is 23.7 Å². The lowest BCUT2D eigenvalue weighted by molar-refractivity contribution is -0.160. The second-order valence-electron chi connectivity index (χ2n) is 7.29. The van der Waals surface area contributed by atoms with Gasteiger partial charge < -0.3 is 14.4 Å². The summed E-state index contributed by atoms with van der Waals surface area (Å²) in [6.45, 7) is 3.12. The number of hydrogen-bond acceptors (Lipinski definition) is 4. The van der Waals surface area contributed by atoms with Crippen molar-refractivity contribution < 1.29 is 23.1 Å². The van der Waals surface area contributed by atoms with Crippen molar-refractivity contribution in [3.8, 4) is 0 Å². The molecule has 0 saturated carbocycles. The number of nitrogens with zero attached hydrogens (tertiary/aromatic N) is 2. The number of likely N-dealkylation sites (N-methyl/N-ethyl adjacent to an activating group) is 1. The van der Waals surface area contributed by atoms with E-state index in [4.69, 9.17) is 4.42 Å². The van der Waals surface area contributed by atoms with Crippen LogP contribution >= 0.6 is 0 Å².